The van der Waals surface area contributed by atoms with Gasteiger partial charge in [-0.25, -0.2) is 0 Å². The van der Waals surface area contributed by atoms with Crippen molar-refractivity contribution in [3.63, 3.8) is 0 Å². The average Bonchev–Trinajstić information content (AvgIpc) is 2.32. The summed E-state index contributed by atoms with van der Waals surface area (Å²) in [5.74, 6) is 0. The van der Waals surface area contributed by atoms with Crippen LogP contribution in [0.1, 0.15) is 33.6 Å². The molecule has 2 unspecified atom stereocenters. The largest absolute Gasteiger partial charge is 0.145 e. The van der Waals surface area contributed by atoms with Crippen molar-refractivity contribution in [3.8, 4) is 0 Å². The lowest BCUT2D eigenvalue weighted by Crippen LogP contribution is -2.13. The summed E-state index contributed by atoms with van der Waals surface area (Å²) in [6, 6.07) is 17.2. The van der Waals surface area contributed by atoms with Gasteiger partial charge in [-0.3, -0.25) is 0 Å². The van der Waals surface area contributed by atoms with Crippen molar-refractivity contribution in [2.75, 3.05) is 0 Å². The van der Waals surface area contributed by atoms with E-state index >= 15 is 0 Å². The number of aryl methyl sites for hydroxylation is 1. The highest BCUT2D eigenvalue weighted by atomic mass is 35.5. The second kappa shape index (κ2) is 4.99. The average molecular weight is 275 g/mol. The molecule has 0 aromatic heterocycles. The van der Waals surface area contributed by atoms with Gasteiger partial charge in [0.15, 0.2) is 0 Å². The maximum absolute atomic E-state index is 5.91. The van der Waals surface area contributed by atoms with E-state index in [9.17, 15) is 0 Å². The summed E-state index contributed by atoms with van der Waals surface area (Å²) in [7, 11) is 0. The number of rotatable bonds is 2. The maximum atomic E-state index is 5.91. The fraction of sp³-hybridized carbons (Fsp3) is 0.250. The van der Waals surface area contributed by atoms with Gasteiger partial charge in [0.1, 0.15) is 0 Å². The molecule has 0 amide bonds. The van der Waals surface area contributed by atoms with Crippen LogP contribution in [0.4, 0.5) is 0 Å². The van der Waals surface area contributed by atoms with E-state index in [4.69, 9.17) is 11.6 Å². The number of benzene rings is 2. The molecular weight excluding hydrogens is 260 g/mol. The monoisotopic (exact) mass is 274 g/mol. The van der Waals surface area contributed by atoms with Crippen LogP contribution in [0, 0.1) is 6.92 Å². The lowest BCUT2D eigenvalue weighted by atomic mass is 10.0. The molecular formula is C16H15ClS. The molecule has 0 aliphatic carbocycles. The molecule has 2 heteroatoms. The second-order valence-electron chi connectivity index (χ2n) is 4.81. The van der Waals surface area contributed by atoms with E-state index in [-0.39, 0.29) is 0 Å². The summed E-state index contributed by atoms with van der Waals surface area (Å²) >= 11 is 7.96. The Balaban J connectivity index is 1.66. The van der Waals surface area contributed by atoms with Crippen LogP contribution in [-0.4, -0.2) is 0 Å². The molecule has 2 aromatic carbocycles. The molecule has 1 aliphatic rings. The summed E-state index contributed by atoms with van der Waals surface area (Å²) in [6.45, 7) is 2.13. The van der Waals surface area contributed by atoms with E-state index in [1.807, 2.05) is 23.9 Å². The fourth-order valence-corrected chi connectivity index (χ4v) is 3.67. The van der Waals surface area contributed by atoms with Gasteiger partial charge >= 0.3 is 0 Å². The summed E-state index contributed by atoms with van der Waals surface area (Å²) in [5, 5.41) is 2.11. The number of thioether (sulfide) groups is 1. The van der Waals surface area contributed by atoms with E-state index in [0.717, 1.165) is 5.02 Å². The minimum absolute atomic E-state index is 0.633. The van der Waals surface area contributed by atoms with Crippen molar-refractivity contribution in [2.24, 2.45) is 0 Å². The number of hydrogen-bond acceptors (Lipinski definition) is 1. The molecule has 1 saturated heterocycles. The van der Waals surface area contributed by atoms with Crippen LogP contribution in [0.5, 0.6) is 0 Å². The number of halogens is 1. The fourth-order valence-electron chi connectivity index (χ4n) is 2.27. The van der Waals surface area contributed by atoms with Gasteiger partial charge < -0.3 is 0 Å². The van der Waals surface area contributed by atoms with Gasteiger partial charge in [-0.1, -0.05) is 53.6 Å². The van der Waals surface area contributed by atoms with Crippen molar-refractivity contribution < 1.29 is 0 Å². The molecule has 0 radical (unpaired) electrons. The van der Waals surface area contributed by atoms with E-state index in [2.05, 4.69) is 43.3 Å². The van der Waals surface area contributed by atoms with Crippen LogP contribution in [0.3, 0.4) is 0 Å². The Kier molecular flexibility index (Phi) is 3.36. The maximum Gasteiger partial charge on any atom is 0.0406 e. The highest BCUT2D eigenvalue weighted by Gasteiger charge is 2.31. The van der Waals surface area contributed by atoms with Gasteiger partial charge in [-0.2, -0.15) is 0 Å². The third-order valence-corrected chi connectivity index (χ3v) is 5.29. The molecule has 0 nitrogen and oxygen atoms in total. The Bertz CT molecular complexity index is 475. The number of hydrogen-bond donors (Lipinski definition) is 0. The van der Waals surface area contributed by atoms with Gasteiger partial charge in [-0.05, 0) is 36.6 Å². The van der Waals surface area contributed by atoms with Crippen molar-refractivity contribution in [1.29, 1.82) is 0 Å². The standard InChI is InChI=1S/C16H15ClS/c1-11-2-4-12(5-3-11)15-10-16(18-15)13-6-8-14(17)9-7-13/h2-9,15-16H,10H2,1H3. The smallest absolute Gasteiger partial charge is 0.0406 e. The first-order valence-corrected chi connectivity index (χ1v) is 7.52. The Morgan fingerprint density at radius 1 is 0.889 bits per heavy atom. The van der Waals surface area contributed by atoms with Crippen LogP contribution in [0.15, 0.2) is 48.5 Å². The van der Waals surface area contributed by atoms with Gasteiger partial charge in [0.25, 0.3) is 0 Å². The van der Waals surface area contributed by atoms with Crippen LogP contribution in [0.25, 0.3) is 0 Å². The zero-order chi connectivity index (χ0) is 12.5. The van der Waals surface area contributed by atoms with Crippen LogP contribution in [0.2, 0.25) is 5.02 Å². The van der Waals surface area contributed by atoms with Crippen LogP contribution in [-0.2, 0) is 0 Å². The molecule has 0 N–H and O–H groups in total. The molecule has 0 spiro atoms. The molecule has 3 rings (SSSR count). The van der Waals surface area contributed by atoms with Crippen LogP contribution >= 0.6 is 23.4 Å². The predicted octanol–water partition coefficient (Wildman–Crippen LogP) is 5.57. The molecule has 1 heterocycles. The molecule has 0 saturated carbocycles. The Hall–Kier alpha value is -0.920. The van der Waals surface area contributed by atoms with Crippen molar-refractivity contribution in [2.45, 2.75) is 23.8 Å². The van der Waals surface area contributed by atoms with Crippen LogP contribution < -0.4 is 0 Å². The first kappa shape index (κ1) is 12.1. The highest BCUT2D eigenvalue weighted by Crippen LogP contribution is 2.57. The summed E-state index contributed by atoms with van der Waals surface area (Å²) in [6.07, 6.45) is 1.23. The van der Waals surface area contributed by atoms with Gasteiger partial charge in [-0.15, -0.1) is 11.8 Å². The molecule has 92 valence electrons. The lowest BCUT2D eigenvalue weighted by Gasteiger charge is -2.35. The highest BCUT2D eigenvalue weighted by molar-refractivity contribution is 8.01. The molecule has 2 aromatic rings. The molecule has 1 fully saturated rings. The third-order valence-electron chi connectivity index (χ3n) is 3.45. The molecule has 0 bridgehead atoms. The van der Waals surface area contributed by atoms with Crippen molar-refractivity contribution >= 4 is 23.4 Å². The predicted molar refractivity (Wildman–Crippen MR) is 80.3 cm³/mol. The molecule has 18 heavy (non-hydrogen) atoms. The van der Waals surface area contributed by atoms with Crippen molar-refractivity contribution in [1.82, 2.24) is 0 Å². The summed E-state index contributed by atoms with van der Waals surface area (Å²) in [4.78, 5) is 0. The summed E-state index contributed by atoms with van der Waals surface area (Å²) < 4.78 is 0. The zero-order valence-electron chi connectivity index (χ0n) is 10.3. The van der Waals surface area contributed by atoms with Crippen molar-refractivity contribution in [3.05, 3.63) is 70.2 Å². The first-order chi connectivity index (χ1) is 8.72. The lowest BCUT2D eigenvalue weighted by molar-refractivity contribution is 0.720. The van der Waals surface area contributed by atoms with Gasteiger partial charge in [0.2, 0.25) is 0 Å². The van der Waals surface area contributed by atoms with E-state index < -0.39 is 0 Å². The Labute approximate surface area is 117 Å². The zero-order valence-corrected chi connectivity index (χ0v) is 11.8. The quantitative estimate of drug-likeness (QED) is 0.690. The normalized spacial score (nSPS) is 22.6. The topological polar surface area (TPSA) is 0 Å². The first-order valence-electron chi connectivity index (χ1n) is 6.20. The minimum atomic E-state index is 0.633. The van der Waals surface area contributed by atoms with E-state index in [0.29, 0.717) is 10.5 Å². The Morgan fingerprint density at radius 2 is 1.33 bits per heavy atom. The van der Waals surface area contributed by atoms with E-state index in [1.54, 1.807) is 0 Å². The van der Waals surface area contributed by atoms with Gasteiger partial charge in [0, 0.05) is 15.5 Å². The summed E-state index contributed by atoms with van der Waals surface area (Å²) in [5.41, 5.74) is 4.18. The molecule has 1 aliphatic heterocycles. The minimum Gasteiger partial charge on any atom is -0.145 e. The third kappa shape index (κ3) is 2.43. The Morgan fingerprint density at radius 3 is 1.83 bits per heavy atom. The SMILES string of the molecule is Cc1ccc(C2CC(c3ccc(Cl)cc3)S2)cc1. The second-order valence-corrected chi connectivity index (χ2v) is 6.66. The van der Waals surface area contributed by atoms with E-state index in [1.165, 1.54) is 23.1 Å². The molecule has 2 atom stereocenters. The van der Waals surface area contributed by atoms with Gasteiger partial charge in [0.05, 0.1) is 0 Å².